The van der Waals surface area contributed by atoms with Crippen molar-refractivity contribution in [3.05, 3.63) is 47.1 Å². The third-order valence-electron chi connectivity index (χ3n) is 4.30. The van der Waals surface area contributed by atoms with E-state index in [0.29, 0.717) is 18.5 Å². The third kappa shape index (κ3) is 3.36. The van der Waals surface area contributed by atoms with Gasteiger partial charge in [0.25, 0.3) is 0 Å². The molecule has 118 valence electrons. The molecule has 1 unspecified atom stereocenters. The summed E-state index contributed by atoms with van der Waals surface area (Å²) < 4.78 is 5.09. The number of nitrogens with zero attached hydrogens (tertiary/aromatic N) is 3. The number of benzene rings is 1. The van der Waals surface area contributed by atoms with Gasteiger partial charge in [0.05, 0.1) is 6.54 Å². The van der Waals surface area contributed by atoms with Gasteiger partial charge in [-0.2, -0.15) is 4.98 Å². The van der Waals surface area contributed by atoms with Crippen LogP contribution in [0.2, 0.25) is 0 Å². The molecular formula is C17H23N3O2. The minimum Gasteiger partial charge on any atom is -0.396 e. The topological polar surface area (TPSA) is 62.4 Å². The number of fused-ring (bicyclic) bond motifs is 1. The van der Waals surface area contributed by atoms with Crippen LogP contribution < -0.4 is 0 Å². The molecule has 1 N–H and O–H groups in total. The molecule has 0 saturated heterocycles. The lowest BCUT2D eigenvalue weighted by atomic mass is 9.86. The summed E-state index contributed by atoms with van der Waals surface area (Å²) in [6.45, 7) is 3.51. The van der Waals surface area contributed by atoms with E-state index in [1.54, 1.807) is 0 Å². The Morgan fingerprint density at radius 1 is 1.36 bits per heavy atom. The molecule has 2 aromatic rings. The van der Waals surface area contributed by atoms with E-state index in [1.807, 2.05) is 6.92 Å². The number of rotatable bonds is 6. The average molecular weight is 301 g/mol. The van der Waals surface area contributed by atoms with Crippen LogP contribution in [0.15, 0.2) is 28.8 Å². The highest BCUT2D eigenvalue weighted by Crippen LogP contribution is 2.34. The molecule has 5 nitrogen and oxygen atoms in total. The molecule has 1 atom stereocenters. The van der Waals surface area contributed by atoms with Gasteiger partial charge >= 0.3 is 0 Å². The van der Waals surface area contributed by atoms with Gasteiger partial charge in [-0.1, -0.05) is 29.4 Å². The van der Waals surface area contributed by atoms with Crippen molar-refractivity contribution >= 4 is 0 Å². The number of aryl methyl sites for hydroxylation is 2. The number of aliphatic hydroxyl groups excluding tert-OH is 1. The second-order valence-corrected chi connectivity index (χ2v) is 5.88. The molecule has 0 bridgehead atoms. The molecule has 0 fully saturated rings. The Morgan fingerprint density at radius 2 is 2.23 bits per heavy atom. The van der Waals surface area contributed by atoms with Gasteiger partial charge < -0.3 is 9.63 Å². The zero-order chi connectivity index (χ0) is 15.4. The lowest BCUT2D eigenvalue weighted by molar-refractivity contribution is 0.147. The largest absolute Gasteiger partial charge is 0.396 e. The summed E-state index contributed by atoms with van der Waals surface area (Å²) in [6, 6.07) is 9.05. The highest BCUT2D eigenvalue weighted by atomic mass is 16.5. The van der Waals surface area contributed by atoms with Crippen molar-refractivity contribution in [1.29, 1.82) is 0 Å². The van der Waals surface area contributed by atoms with Crippen molar-refractivity contribution in [2.24, 2.45) is 0 Å². The summed E-state index contributed by atoms with van der Waals surface area (Å²) in [5.74, 6) is 1.32. The van der Waals surface area contributed by atoms with Crippen LogP contribution in [0.3, 0.4) is 0 Å². The Balaban J connectivity index is 1.82. The van der Waals surface area contributed by atoms with E-state index in [9.17, 15) is 5.11 Å². The Kier molecular flexibility index (Phi) is 4.85. The highest BCUT2D eigenvalue weighted by Gasteiger charge is 2.26. The lowest BCUT2D eigenvalue weighted by Gasteiger charge is -2.35. The monoisotopic (exact) mass is 301 g/mol. The van der Waals surface area contributed by atoms with Crippen LogP contribution in [-0.4, -0.2) is 33.3 Å². The fraction of sp³-hybridized carbons (Fsp3) is 0.529. The molecule has 1 heterocycles. The van der Waals surface area contributed by atoms with E-state index in [-0.39, 0.29) is 6.61 Å². The predicted molar refractivity (Wildman–Crippen MR) is 83.3 cm³/mol. The van der Waals surface area contributed by atoms with Gasteiger partial charge in [0, 0.05) is 26.1 Å². The van der Waals surface area contributed by atoms with Gasteiger partial charge in [0.2, 0.25) is 5.89 Å². The molecule has 1 aromatic carbocycles. The van der Waals surface area contributed by atoms with Crippen LogP contribution in [0.5, 0.6) is 0 Å². The van der Waals surface area contributed by atoms with Crippen molar-refractivity contribution in [3.8, 4) is 0 Å². The molecule has 0 saturated carbocycles. The number of aliphatic hydroxyl groups is 1. The summed E-state index contributed by atoms with van der Waals surface area (Å²) in [6.07, 6.45) is 4.25. The van der Waals surface area contributed by atoms with Gasteiger partial charge in [-0.15, -0.1) is 0 Å². The number of aromatic nitrogens is 2. The van der Waals surface area contributed by atoms with Crippen LogP contribution >= 0.6 is 0 Å². The van der Waals surface area contributed by atoms with Crippen molar-refractivity contribution in [2.75, 3.05) is 13.2 Å². The number of hydrogen-bond donors (Lipinski definition) is 1. The molecule has 0 radical (unpaired) electrons. The summed E-state index contributed by atoms with van der Waals surface area (Å²) in [7, 11) is 0. The molecule has 1 aliphatic carbocycles. The van der Waals surface area contributed by atoms with Crippen molar-refractivity contribution in [1.82, 2.24) is 15.0 Å². The molecule has 5 heteroatoms. The first-order valence-corrected chi connectivity index (χ1v) is 8.00. The zero-order valence-electron chi connectivity index (χ0n) is 13.0. The average Bonchev–Trinajstić information content (AvgIpc) is 2.96. The van der Waals surface area contributed by atoms with E-state index in [0.717, 1.165) is 31.6 Å². The fourth-order valence-electron chi connectivity index (χ4n) is 3.31. The quantitative estimate of drug-likeness (QED) is 0.888. The van der Waals surface area contributed by atoms with E-state index >= 15 is 0 Å². The van der Waals surface area contributed by atoms with E-state index in [4.69, 9.17) is 4.52 Å². The molecule has 3 rings (SSSR count). The van der Waals surface area contributed by atoms with E-state index in [1.165, 1.54) is 17.5 Å². The molecule has 1 aliphatic rings. The molecule has 1 aromatic heterocycles. The van der Waals surface area contributed by atoms with Crippen molar-refractivity contribution in [3.63, 3.8) is 0 Å². The minimum absolute atomic E-state index is 0.205. The van der Waals surface area contributed by atoms with E-state index in [2.05, 4.69) is 39.3 Å². The first-order valence-electron chi connectivity index (χ1n) is 8.00. The zero-order valence-corrected chi connectivity index (χ0v) is 13.0. The first-order chi connectivity index (χ1) is 10.8. The third-order valence-corrected chi connectivity index (χ3v) is 4.30. The van der Waals surface area contributed by atoms with Gasteiger partial charge in [0.15, 0.2) is 5.82 Å². The molecule has 0 spiro atoms. The summed E-state index contributed by atoms with van der Waals surface area (Å²) in [5.41, 5.74) is 2.85. The molecule has 0 amide bonds. The van der Waals surface area contributed by atoms with Gasteiger partial charge in [-0.3, -0.25) is 4.90 Å². The Morgan fingerprint density at radius 3 is 3.00 bits per heavy atom. The highest BCUT2D eigenvalue weighted by molar-refractivity contribution is 5.32. The molecule has 22 heavy (non-hydrogen) atoms. The van der Waals surface area contributed by atoms with Crippen LogP contribution in [0, 0.1) is 6.92 Å². The van der Waals surface area contributed by atoms with Crippen LogP contribution in [-0.2, 0) is 13.0 Å². The maximum absolute atomic E-state index is 9.20. The predicted octanol–water partition coefficient (Wildman–Crippen LogP) is 2.64. The summed E-state index contributed by atoms with van der Waals surface area (Å²) in [5, 5.41) is 13.2. The van der Waals surface area contributed by atoms with E-state index < -0.39 is 0 Å². The second-order valence-electron chi connectivity index (χ2n) is 5.88. The van der Waals surface area contributed by atoms with Crippen molar-refractivity contribution < 1.29 is 9.63 Å². The fourth-order valence-corrected chi connectivity index (χ4v) is 3.31. The SMILES string of the molecule is Cc1nc(CN(CCCO)C2CCCc3ccccc32)no1. The minimum atomic E-state index is 0.205. The van der Waals surface area contributed by atoms with Crippen molar-refractivity contribution in [2.45, 2.75) is 45.2 Å². The van der Waals surface area contributed by atoms with Crippen LogP contribution in [0.25, 0.3) is 0 Å². The smallest absolute Gasteiger partial charge is 0.223 e. The van der Waals surface area contributed by atoms with Crippen LogP contribution in [0.1, 0.15) is 48.1 Å². The summed E-state index contributed by atoms with van der Waals surface area (Å²) in [4.78, 5) is 6.70. The molecule has 0 aliphatic heterocycles. The Hall–Kier alpha value is -1.72. The maximum Gasteiger partial charge on any atom is 0.223 e. The number of hydrogen-bond acceptors (Lipinski definition) is 5. The maximum atomic E-state index is 9.20. The van der Waals surface area contributed by atoms with Gasteiger partial charge in [-0.05, 0) is 36.8 Å². The Labute approximate surface area is 131 Å². The Bertz CT molecular complexity index is 611. The normalized spacial score (nSPS) is 17.7. The second kappa shape index (κ2) is 7.03. The van der Waals surface area contributed by atoms with Crippen LogP contribution in [0.4, 0.5) is 0 Å². The molecular weight excluding hydrogens is 278 g/mol. The summed E-state index contributed by atoms with van der Waals surface area (Å²) >= 11 is 0. The standard InChI is InChI=1S/C17H23N3O2/c1-13-18-17(19-22-13)12-20(10-5-11-21)16-9-4-7-14-6-2-3-8-15(14)16/h2-3,6,8,16,21H,4-5,7,9-12H2,1H3. The lowest BCUT2D eigenvalue weighted by Crippen LogP contribution is -2.32. The van der Waals surface area contributed by atoms with Gasteiger partial charge in [0.1, 0.15) is 0 Å². The van der Waals surface area contributed by atoms with Gasteiger partial charge in [-0.25, -0.2) is 0 Å². The first kappa shape index (κ1) is 15.2.